The van der Waals surface area contributed by atoms with Crippen LogP contribution in [-0.2, 0) is 11.3 Å². The standard InChI is InChI=1S/C13H10BrN5O/c14-10-4-9-2-1-3-11(13(9)16-5-10)18-12(20)6-19-8-15-7-17-19/h1-5,7-8H,6H2,(H,18,20). The predicted molar refractivity (Wildman–Crippen MR) is 78.1 cm³/mol. The summed E-state index contributed by atoms with van der Waals surface area (Å²) in [4.78, 5) is 20.1. The van der Waals surface area contributed by atoms with E-state index in [1.54, 1.807) is 6.20 Å². The number of hydrogen-bond donors (Lipinski definition) is 1. The Morgan fingerprint density at radius 3 is 3.10 bits per heavy atom. The van der Waals surface area contributed by atoms with Crippen molar-refractivity contribution in [2.45, 2.75) is 6.54 Å². The molecule has 0 aliphatic carbocycles. The van der Waals surface area contributed by atoms with Gasteiger partial charge in [-0.2, -0.15) is 5.10 Å². The van der Waals surface area contributed by atoms with Crippen molar-refractivity contribution in [1.29, 1.82) is 0 Å². The molecule has 1 aromatic carbocycles. The molecule has 3 rings (SSSR count). The quantitative estimate of drug-likeness (QED) is 0.798. The van der Waals surface area contributed by atoms with Crippen LogP contribution in [0.4, 0.5) is 5.69 Å². The van der Waals surface area contributed by atoms with Crippen molar-refractivity contribution in [1.82, 2.24) is 19.7 Å². The minimum atomic E-state index is -0.173. The van der Waals surface area contributed by atoms with Gasteiger partial charge in [0.15, 0.2) is 0 Å². The molecule has 0 unspecified atom stereocenters. The molecule has 6 nitrogen and oxygen atoms in total. The van der Waals surface area contributed by atoms with Crippen LogP contribution in [0, 0.1) is 0 Å². The van der Waals surface area contributed by atoms with E-state index in [2.05, 4.69) is 36.3 Å². The van der Waals surface area contributed by atoms with Crippen LogP contribution >= 0.6 is 15.9 Å². The third kappa shape index (κ3) is 2.67. The number of amides is 1. The zero-order valence-electron chi connectivity index (χ0n) is 10.3. The maximum absolute atomic E-state index is 12.0. The van der Waals surface area contributed by atoms with Gasteiger partial charge in [0.1, 0.15) is 19.2 Å². The average Bonchev–Trinajstić information content (AvgIpc) is 2.91. The van der Waals surface area contributed by atoms with Gasteiger partial charge in [0.25, 0.3) is 0 Å². The highest BCUT2D eigenvalue weighted by molar-refractivity contribution is 9.10. The van der Waals surface area contributed by atoms with Crippen LogP contribution in [0.15, 0.2) is 47.6 Å². The molecule has 1 amide bonds. The highest BCUT2D eigenvalue weighted by Crippen LogP contribution is 2.23. The molecule has 0 aliphatic heterocycles. The first kappa shape index (κ1) is 12.7. The highest BCUT2D eigenvalue weighted by Gasteiger charge is 2.08. The molecule has 0 aliphatic rings. The molecule has 1 N–H and O–H groups in total. The number of rotatable bonds is 3. The highest BCUT2D eigenvalue weighted by atomic mass is 79.9. The molecule has 0 saturated heterocycles. The molecule has 7 heteroatoms. The first-order valence-electron chi connectivity index (χ1n) is 5.89. The topological polar surface area (TPSA) is 72.7 Å². The molecule has 0 saturated carbocycles. The molecule has 0 radical (unpaired) electrons. The minimum Gasteiger partial charge on any atom is -0.323 e. The van der Waals surface area contributed by atoms with Crippen molar-refractivity contribution in [3.05, 3.63) is 47.6 Å². The van der Waals surface area contributed by atoms with Crippen molar-refractivity contribution in [2.24, 2.45) is 0 Å². The van der Waals surface area contributed by atoms with E-state index in [-0.39, 0.29) is 12.5 Å². The molecule has 100 valence electrons. The predicted octanol–water partition coefficient (Wildman–Crippen LogP) is 2.23. The first-order valence-corrected chi connectivity index (χ1v) is 6.68. The van der Waals surface area contributed by atoms with Crippen LogP contribution in [0.2, 0.25) is 0 Å². The summed E-state index contributed by atoms with van der Waals surface area (Å²) in [6.07, 6.45) is 4.59. The van der Waals surface area contributed by atoms with Crippen molar-refractivity contribution in [3.8, 4) is 0 Å². The van der Waals surface area contributed by atoms with E-state index in [0.29, 0.717) is 5.69 Å². The number of aromatic nitrogens is 4. The Kier molecular flexibility index (Phi) is 3.42. The largest absolute Gasteiger partial charge is 0.323 e. The number of carbonyl (C=O) groups is 1. The molecule has 0 atom stereocenters. The second-order valence-electron chi connectivity index (χ2n) is 4.17. The Morgan fingerprint density at radius 1 is 1.40 bits per heavy atom. The fourth-order valence-electron chi connectivity index (χ4n) is 1.89. The lowest BCUT2D eigenvalue weighted by molar-refractivity contribution is -0.116. The number of fused-ring (bicyclic) bond motifs is 1. The van der Waals surface area contributed by atoms with E-state index in [9.17, 15) is 4.79 Å². The summed E-state index contributed by atoms with van der Waals surface area (Å²) in [5, 5.41) is 7.69. The average molecular weight is 332 g/mol. The van der Waals surface area contributed by atoms with Gasteiger partial charge in [-0.05, 0) is 28.1 Å². The van der Waals surface area contributed by atoms with Crippen molar-refractivity contribution < 1.29 is 4.79 Å². The number of pyridine rings is 1. The number of nitrogens with one attached hydrogen (secondary N) is 1. The Labute approximate surface area is 123 Å². The summed E-state index contributed by atoms with van der Waals surface area (Å²) < 4.78 is 2.36. The number of carbonyl (C=O) groups excluding carboxylic acids is 1. The third-order valence-corrected chi connectivity index (χ3v) is 3.16. The number of halogens is 1. The number of hydrogen-bond acceptors (Lipinski definition) is 4. The van der Waals surface area contributed by atoms with Crippen LogP contribution in [0.3, 0.4) is 0 Å². The normalized spacial score (nSPS) is 10.7. The molecule has 2 heterocycles. The van der Waals surface area contributed by atoms with Crippen molar-refractivity contribution in [2.75, 3.05) is 5.32 Å². The van der Waals surface area contributed by atoms with E-state index >= 15 is 0 Å². The van der Waals surface area contributed by atoms with Crippen LogP contribution < -0.4 is 5.32 Å². The molecule has 0 bridgehead atoms. The van der Waals surface area contributed by atoms with Crippen LogP contribution in [-0.4, -0.2) is 25.7 Å². The summed E-state index contributed by atoms with van der Waals surface area (Å²) in [5.41, 5.74) is 1.43. The lowest BCUT2D eigenvalue weighted by Crippen LogP contribution is -2.19. The van der Waals surface area contributed by atoms with E-state index in [1.807, 2.05) is 24.3 Å². The molecule has 0 spiro atoms. The first-order chi connectivity index (χ1) is 9.72. The van der Waals surface area contributed by atoms with Gasteiger partial charge < -0.3 is 5.32 Å². The molecule has 3 aromatic rings. The monoisotopic (exact) mass is 331 g/mol. The van der Waals surface area contributed by atoms with E-state index in [1.165, 1.54) is 17.3 Å². The van der Waals surface area contributed by atoms with E-state index in [0.717, 1.165) is 15.4 Å². The van der Waals surface area contributed by atoms with Gasteiger partial charge in [-0.3, -0.25) is 9.78 Å². The summed E-state index contributed by atoms with van der Waals surface area (Å²) in [6, 6.07) is 7.60. The van der Waals surface area contributed by atoms with Gasteiger partial charge >= 0.3 is 0 Å². The number of anilines is 1. The Bertz CT molecular complexity index is 757. The van der Waals surface area contributed by atoms with Gasteiger partial charge in [0.05, 0.1) is 11.2 Å². The Morgan fingerprint density at radius 2 is 2.30 bits per heavy atom. The lowest BCUT2D eigenvalue weighted by Gasteiger charge is -2.08. The zero-order chi connectivity index (χ0) is 13.9. The summed E-state index contributed by atoms with van der Waals surface area (Å²) in [5.74, 6) is -0.173. The second kappa shape index (κ2) is 5.38. The minimum absolute atomic E-state index is 0.118. The van der Waals surface area contributed by atoms with Crippen molar-refractivity contribution >= 4 is 38.4 Å². The summed E-state index contributed by atoms with van der Waals surface area (Å²) in [7, 11) is 0. The Hall–Kier alpha value is -2.28. The van der Waals surface area contributed by atoms with Gasteiger partial charge in [0, 0.05) is 16.1 Å². The van der Waals surface area contributed by atoms with Gasteiger partial charge in [-0.25, -0.2) is 9.67 Å². The van der Waals surface area contributed by atoms with Crippen LogP contribution in [0.1, 0.15) is 0 Å². The molecule has 2 aromatic heterocycles. The van der Waals surface area contributed by atoms with Gasteiger partial charge in [-0.1, -0.05) is 12.1 Å². The third-order valence-electron chi connectivity index (χ3n) is 2.72. The second-order valence-corrected chi connectivity index (χ2v) is 5.09. The van der Waals surface area contributed by atoms with E-state index in [4.69, 9.17) is 0 Å². The number of para-hydroxylation sites is 1. The number of benzene rings is 1. The summed E-state index contributed by atoms with van der Waals surface area (Å²) >= 11 is 3.38. The molecule has 0 fully saturated rings. The maximum atomic E-state index is 12.0. The van der Waals surface area contributed by atoms with Crippen LogP contribution in [0.25, 0.3) is 10.9 Å². The fourth-order valence-corrected chi connectivity index (χ4v) is 2.24. The summed E-state index contributed by atoms with van der Waals surface area (Å²) in [6.45, 7) is 0.118. The Balaban J connectivity index is 1.85. The number of nitrogens with zero attached hydrogens (tertiary/aromatic N) is 4. The van der Waals surface area contributed by atoms with E-state index < -0.39 is 0 Å². The molecule has 20 heavy (non-hydrogen) atoms. The lowest BCUT2D eigenvalue weighted by atomic mass is 10.2. The van der Waals surface area contributed by atoms with Gasteiger partial charge in [0.2, 0.25) is 5.91 Å². The molecular weight excluding hydrogens is 322 g/mol. The fraction of sp³-hybridized carbons (Fsp3) is 0.0769. The maximum Gasteiger partial charge on any atom is 0.246 e. The zero-order valence-corrected chi connectivity index (χ0v) is 11.9. The van der Waals surface area contributed by atoms with Gasteiger partial charge in [-0.15, -0.1) is 0 Å². The SMILES string of the molecule is O=C(Cn1cncn1)Nc1cccc2cc(Br)cnc12. The van der Waals surface area contributed by atoms with Crippen molar-refractivity contribution in [3.63, 3.8) is 0 Å². The van der Waals surface area contributed by atoms with Crippen LogP contribution in [0.5, 0.6) is 0 Å². The molecular formula is C13H10BrN5O. The smallest absolute Gasteiger partial charge is 0.246 e.